The van der Waals surface area contributed by atoms with Gasteiger partial charge in [-0.25, -0.2) is 0 Å². The first kappa shape index (κ1) is 16.9. The van der Waals surface area contributed by atoms with E-state index in [1.807, 2.05) is 0 Å². The zero-order chi connectivity index (χ0) is 14.7. The molecule has 0 aromatic heterocycles. The predicted molar refractivity (Wildman–Crippen MR) is 82.4 cm³/mol. The quantitative estimate of drug-likeness (QED) is 0.805. The Kier molecular flexibility index (Phi) is 5.44. The molecule has 0 aromatic carbocycles. The van der Waals surface area contributed by atoms with Crippen molar-refractivity contribution in [1.82, 2.24) is 4.90 Å². The molecule has 1 fully saturated rings. The van der Waals surface area contributed by atoms with Crippen LogP contribution in [0.1, 0.15) is 67.2 Å². The van der Waals surface area contributed by atoms with Crippen molar-refractivity contribution in [1.29, 1.82) is 0 Å². The van der Waals surface area contributed by atoms with E-state index in [9.17, 15) is 0 Å². The maximum atomic E-state index is 6.21. The fraction of sp³-hybridized carbons (Fsp3) is 1.00. The van der Waals surface area contributed by atoms with Crippen molar-refractivity contribution in [2.75, 3.05) is 19.6 Å². The molecule has 1 aliphatic heterocycles. The first-order valence-corrected chi connectivity index (χ1v) is 7.85. The lowest BCUT2D eigenvalue weighted by molar-refractivity contribution is -0.200. The van der Waals surface area contributed by atoms with Gasteiger partial charge in [-0.15, -0.1) is 0 Å². The highest BCUT2D eigenvalue weighted by molar-refractivity contribution is 4.99. The number of hydrogen-bond donors (Lipinski definition) is 1. The lowest BCUT2D eigenvalue weighted by Crippen LogP contribution is -2.66. The average Bonchev–Trinajstić information content (AvgIpc) is 2.24. The van der Waals surface area contributed by atoms with E-state index in [2.05, 4.69) is 46.4 Å². The Morgan fingerprint density at radius 1 is 1.00 bits per heavy atom. The molecule has 0 aromatic rings. The summed E-state index contributed by atoms with van der Waals surface area (Å²) in [5.74, 6) is 0. The molecule has 1 saturated heterocycles. The minimum Gasteiger partial charge on any atom is -0.367 e. The molecule has 0 radical (unpaired) electrons. The number of nitrogens with two attached hydrogens (primary N) is 1. The van der Waals surface area contributed by atoms with Crippen LogP contribution < -0.4 is 5.73 Å². The van der Waals surface area contributed by atoms with E-state index >= 15 is 0 Å². The van der Waals surface area contributed by atoms with Crippen molar-refractivity contribution in [2.24, 2.45) is 5.73 Å². The highest BCUT2D eigenvalue weighted by Crippen LogP contribution is 2.36. The second kappa shape index (κ2) is 6.11. The van der Waals surface area contributed by atoms with Crippen molar-refractivity contribution in [2.45, 2.75) is 84.0 Å². The minimum absolute atomic E-state index is 0.0936. The zero-order valence-electron chi connectivity index (χ0n) is 13.9. The standard InChI is InChI=1S/C16H34N2O/c1-7-9-16(11-17,10-8-2)18-12-14(3,4)19-15(5,6)13-18/h7-13,17H2,1-6H3. The van der Waals surface area contributed by atoms with Crippen molar-refractivity contribution in [3.63, 3.8) is 0 Å². The van der Waals surface area contributed by atoms with Gasteiger partial charge in [-0.05, 0) is 40.5 Å². The van der Waals surface area contributed by atoms with Gasteiger partial charge in [0, 0.05) is 25.2 Å². The monoisotopic (exact) mass is 270 g/mol. The number of hydrogen-bond acceptors (Lipinski definition) is 3. The van der Waals surface area contributed by atoms with Crippen LogP contribution in [0.2, 0.25) is 0 Å². The molecule has 2 N–H and O–H groups in total. The van der Waals surface area contributed by atoms with Gasteiger partial charge in [0.1, 0.15) is 0 Å². The Labute approximate surface area is 119 Å². The number of nitrogens with zero attached hydrogens (tertiary/aromatic N) is 1. The van der Waals surface area contributed by atoms with Crippen LogP contribution in [0.5, 0.6) is 0 Å². The first-order valence-electron chi connectivity index (χ1n) is 7.85. The summed E-state index contributed by atoms with van der Waals surface area (Å²) in [5, 5.41) is 0. The summed E-state index contributed by atoms with van der Waals surface area (Å²) < 4.78 is 6.20. The van der Waals surface area contributed by atoms with Crippen LogP contribution in [0.25, 0.3) is 0 Å². The van der Waals surface area contributed by atoms with Crippen LogP contribution >= 0.6 is 0 Å². The molecule has 114 valence electrons. The number of morpholine rings is 1. The van der Waals surface area contributed by atoms with Gasteiger partial charge in [0.25, 0.3) is 0 Å². The SMILES string of the molecule is CCCC(CN)(CCC)N1CC(C)(C)OC(C)(C)C1. The number of ether oxygens (including phenoxy) is 1. The molecular formula is C16H34N2O. The Balaban J connectivity index is 3.00. The molecule has 1 rings (SSSR count). The lowest BCUT2D eigenvalue weighted by atomic mass is 9.83. The summed E-state index contributed by atoms with van der Waals surface area (Å²) in [5.41, 5.74) is 6.17. The Morgan fingerprint density at radius 3 is 1.74 bits per heavy atom. The third kappa shape index (κ3) is 4.17. The molecule has 1 aliphatic rings. The van der Waals surface area contributed by atoms with Crippen LogP contribution in [-0.4, -0.2) is 41.3 Å². The van der Waals surface area contributed by atoms with E-state index in [4.69, 9.17) is 10.5 Å². The molecule has 0 atom stereocenters. The summed E-state index contributed by atoms with van der Waals surface area (Å²) in [4.78, 5) is 2.61. The van der Waals surface area contributed by atoms with Gasteiger partial charge < -0.3 is 10.5 Å². The van der Waals surface area contributed by atoms with Gasteiger partial charge in [-0.3, -0.25) is 4.90 Å². The molecule has 0 bridgehead atoms. The lowest BCUT2D eigenvalue weighted by Gasteiger charge is -2.54. The first-order chi connectivity index (χ1) is 8.70. The Morgan fingerprint density at radius 2 is 1.42 bits per heavy atom. The maximum Gasteiger partial charge on any atom is 0.0761 e. The topological polar surface area (TPSA) is 38.5 Å². The summed E-state index contributed by atoms with van der Waals surface area (Å²) in [6.45, 7) is 16.0. The van der Waals surface area contributed by atoms with Gasteiger partial charge in [-0.1, -0.05) is 26.7 Å². The van der Waals surface area contributed by atoms with Crippen LogP contribution in [0.15, 0.2) is 0 Å². The molecule has 0 unspecified atom stereocenters. The molecule has 0 amide bonds. The van der Waals surface area contributed by atoms with Crippen LogP contribution in [0, 0.1) is 0 Å². The normalized spacial score (nSPS) is 23.5. The van der Waals surface area contributed by atoms with E-state index < -0.39 is 0 Å². The third-order valence-corrected chi connectivity index (χ3v) is 4.18. The van der Waals surface area contributed by atoms with Crippen molar-refractivity contribution >= 4 is 0 Å². The van der Waals surface area contributed by atoms with E-state index in [-0.39, 0.29) is 16.7 Å². The smallest absolute Gasteiger partial charge is 0.0761 e. The highest BCUT2D eigenvalue weighted by atomic mass is 16.5. The van der Waals surface area contributed by atoms with Gasteiger partial charge in [-0.2, -0.15) is 0 Å². The van der Waals surface area contributed by atoms with E-state index in [1.165, 1.54) is 25.7 Å². The van der Waals surface area contributed by atoms with E-state index in [0.29, 0.717) is 0 Å². The fourth-order valence-corrected chi connectivity index (χ4v) is 3.83. The maximum absolute atomic E-state index is 6.21. The van der Waals surface area contributed by atoms with Crippen LogP contribution in [0.4, 0.5) is 0 Å². The molecule has 0 aliphatic carbocycles. The summed E-state index contributed by atoms with van der Waals surface area (Å²) >= 11 is 0. The highest BCUT2D eigenvalue weighted by Gasteiger charge is 2.45. The predicted octanol–water partition coefficient (Wildman–Crippen LogP) is 3.17. The van der Waals surface area contributed by atoms with E-state index in [0.717, 1.165) is 19.6 Å². The third-order valence-electron chi connectivity index (χ3n) is 4.18. The molecule has 1 heterocycles. The summed E-state index contributed by atoms with van der Waals surface area (Å²) in [7, 11) is 0. The van der Waals surface area contributed by atoms with Crippen LogP contribution in [-0.2, 0) is 4.74 Å². The zero-order valence-corrected chi connectivity index (χ0v) is 13.9. The number of rotatable bonds is 6. The largest absolute Gasteiger partial charge is 0.367 e. The Hall–Kier alpha value is -0.120. The van der Waals surface area contributed by atoms with Crippen molar-refractivity contribution < 1.29 is 4.74 Å². The molecule has 0 spiro atoms. The van der Waals surface area contributed by atoms with Gasteiger partial charge in [0.15, 0.2) is 0 Å². The van der Waals surface area contributed by atoms with Crippen molar-refractivity contribution in [3.8, 4) is 0 Å². The van der Waals surface area contributed by atoms with Gasteiger partial charge in [0.05, 0.1) is 11.2 Å². The average molecular weight is 270 g/mol. The summed E-state index contributed by atoms with van der Waals surface area (Å²) in [6, 6.07) is 0. The Bertz CT molecular complexity index is 264. The minimum atomic E-state index is -0.0936. The van der Waals surface area contributed by atoms with Gasteiger partial charge >= 0.3 is 0 Å². The van der Waals surface area contributed by atoms with E-state index in [1.54, 1.807) is 0 Å². The van der Waals surface area contributed by atoms with Gasteiger partial charge in [0.2, 0.25) is 0 Å². The molecule has 3 heteroatoms. The molecule has 3 nitrogen and oxygen atoms in total. The molecule has 19 heavy (non-hydrogen) atoms. The molecular weight excluding hydrogens is 236 g/mol. The summed E-state index contributed by atoms with van der Waals surface area (Å²) in [6.07, 6.45) is 4.75. The fourth-order valence-electron chi connectivity index (χ4n) is 3.83. The molecule has 0 saturated carbocycles. The van der Waals surface area contributed by atoms with Crippen LogP contribution in [0.3, 0.4) is 0 Å². The second-order valence-corrected chi connectivity index (χ2v) is 7.41. The van der Waals surface area contributed by atoms with Crippen molar-refractivity contribution in [3.05, 3.63) is 0 Å². The second-order valence-electron chi connectivity index (χ2n) is 7.41.